The number of halogens is 1. The van der Waals surface area contributed by atoms with Gasteiger partial charge in [0, 0.05) is 5.02 Å². The zero-order chi connectivity index (χ0) is 20.9. The molecule has 0 radical (unpaired) electrons. The number of benzene rings is 3. The zero-order valence-electron chi connectivity index (χ0n) is 16.2. The second kappa shape index (κ2) is 6.97. The lowest BCUT2D eigenvalue weighted by Gasteiger charge is -2.32. The average molecular weight is 419 g/mol. The van der Waals surface area contributed by atoms with Crippen molar-refractivity contribution < 1.29 is 14.4 Å². The van der Waals surface area contributed by atoms with Crippen molar-refractivity contribution in [3.8, 4) is 0 Å². The molecule has 0 aromatic heterocycles. The summed E-state index contributed by atoms with van der Waals surface area (Å²) in [6.45, 7) is 1.81. The molecule has 5 nitrogen and oxygen atoms in total. The van der Waals surface area contributed by atoms with Gasteiger partial charge in [-0.1, -0.05) is 60.1 Å². The Balaban J connectivity index is 1.63. The molecule has 2 fully saturated rings. The molecule has 2 aliphatic heterocycles. The van der Waals surface area contributed by atoms with Crippen molar-refractivity contribution in [1.82, 2.24) is 0 Å². The topological polar surface area (TPSA) is 49.9 Å². The molecular weight excluding hydrogens is 400 g/mol. The number of hydrogen-bond acceptors (Lipinski definition) is 4. The minimum Gasteiger partial charge on any atom is -0.273 e. The lowest BCUT2D eigenvalue weighted by atomic mass is 9.76. The number of fused-ring (bicyclic) bond motifs is 1. The van der Waals surface area contributed by atoms with E-state index < -0.39 is 17.6 Å². The first kappa shape index (κ1) is 18.9. The molecule has 2 heterocycles. The molecule has 30 heavy (non-hydrogen) atoms. The van der Waals surface area contributed by atoms with Gasteiger partial charge in [0.1, 0.15) is 5.41 Å². The average Bonchev–Trinajstić information content (AvgIpc) is 3.19. The van der Waals surface area contributed by atoms with Crippen molar-refractivity contribution in [3.63, 3.8) is 0 Å². The van der Waals surface area contributed by atoms with E-state index in [1.54, 1.807) is 29.3 Å². The van der Waals surface area contributed by atoms with Gasteiger partial charge in [-0.15, -0.1) is 0 Å². The van der Waals surface area contributed by atoms with Crippen LogP contribution in [0.25, 0.3) is 0 Å². The number of amides is 2. The highest BCUT2D eigenvalue weighted by molar-refractivity contribution is 6.31. The first-order valence-corrected chi connectivity index (χ1v) is 10.1. The van der Waals surface area contributed by atoms with Crippen molar-refractivity contribution >= 4 is 34.8 Å². The van der Waals surface area contributed by atoms with Crippen LogP contribution in [-0.4, -0.2) is 17.9 Å². The smallest absolute Gasteiger partial charge is 0.266 e. The van der Waals surface area contributed by atoms with E-state index in [1.165, 1.54) is 4.90 Å². The summed E-state index contributed by atoms with van der Waals surface area (Å²) in [6.07, 6.45) is -0.925. The molecule has 2 amide bonds. The van der Waals surface area contributed by atoms with Crippen molar-refractivity contribution in [1.29, 1.82) is 0 Å². The number of para-hydroxylation sites is 1. The van der Waals surface area contributed by atoms with Crippen LogP contribution in [0, 0.1) is 5.41 Å². The number of rotatable bonds is 3. The molecule has 0 saturated carbocycles. The fourth-order valence-electron chi connectivity index (χ4n) is 4.40. The maximum Gasteiger partial charge on any atom is 0.266 e. The number of anilines is 2. The summed E-state index contributed by atoms with van der Waals surface area (Å²) in [6, 6.07) is 25.5. The SMILES string of the molecule is C[C@@]12C(=O)N(c3ccc(Cl)cc3)C(=O)[C@@H]1ON(c1ccccc1)[C@@H]2c1ccccc1. The van der Waals surface area contributed by atoms with Crippen LogP contribution in [0.3, 0.4) is 0 Å². The number of carbonyl (C=O) groups is 2. The van der Waals surface area contributed by atoms with Crippen molar-refractivity contribution in [2.75, 3.05) is 9.96 Å². The molecule has 3 aromatic rings. The molecule has 3 aromatic carbocycles. The van der Waals surface area contributed by atoms with E-state index in [9.17, 15) is 9.59 Å². The largest absolute Gasteiger partial charge is 0.273 e. The van der Waals surface area contributed by atoms with Gasteiger partial charge in [-0.3, -0.25) is 14.4 Å². The molecule has 2 saturated heterocycles. The minimum absolute atomic E-state index is 0.285. The summed E-state index contributed by atoms with van der Waals surface area (Å²) in [4.78, 5) is 34.5. The second-order valence-corrected chi connectivity index (χ2v) is 8.13. The quantitative estimate of drug-likeness (QED) is 0.574. The normalized spacial score (nSPS) is 25.7. The first-order valence-electron chi connectivity index (χ1n) is 9.72. The molecule has 3 atom stereocenters. The molecule has 0 spiro atoms. The summed E-state index contributed by atoms with van der Waals surface area (Å²) in [7, 11) is 0. The summed E-state index contributed by atoms with van der Waals surface area (Å²) in [5.74, 6) is -0.656. The molecule has 2 aliphatic rings. The van der Waals surface area contributed by atoms with Crippen molar-refractivity contribution in [2.24, 2.45) is 5.41 Å². The summed E-state index contributed by atoms with van der Waals surface area (Å²) < 4.78 is 0. The molecule has 0 unspecified atom stereocenters. The van der Waals surface area contributed by atoms with Crippen LogP contribution in [0.2, 0.25) is 5.02 Å². The number of imide groups is 1. The molecule has 6 heteroatoms. The van der Waals surface area contributed by atoms with Gasteiger partial charge in [0.25, 0.3) is 5.91 Å². The lowest BCUT2D eigenvalue weighted by molar-refractivity contribution is -0.128. The Morgan fingerprint density at radius 3 is 2.07 bits per heavy atom. The molecule has 0 bridgehead atoms. The van der Waals surface area contributed by atoms with E-state index in [4.69, 9.17) is 16.4 Å². The first-order chi connectivity index (χ1) is 14.5. The highest BCUT2D eigenvalue weighted by atomic mass is 35.5. The van der Waals surface area contributed by atoms with Gasteiger partial charge < -0.3 is 0 Å². The fourth-order valence-corrected chi connectivity index (χ4v) is 4.52. The second-order valence-electron chi connectivity index (χ2n) is 7.70. The van der Waals surface area contributed by atoms with E-state index in [-0.39, 0.29) is 11.8 Å². The molecular formula is C24H19ClN2O3. The van der Waals surface area contributed by atoms with E-state index >= 15 is 0 Å². The maximum absolute atomic E-state index is 13.7. The fraction of sp³-hybridized carbons (Fsp3) is 0.167. The van der Waals surface area contributed by atoms with E-state index in [0.29, 0.717) is 10.7 Å². The monoisotopic (exact) mass is 418 g/mol. The van der Waals surface area contributed by atoms with Gasteiger partial charge in [-0.2, -0.15) is 0 Å². The highest BCUT2D eigenvalue weighted by Crippen LogP contribution is 2.55. The Morgan fingerprint density at radius 1 is 0.833 bits per heavy atom. The Hall–Kier alpha value is -3.15. The number of hydroxylamine groups is 1. The van der Waals surface area contributed by atoms with Gasteiger partial charge in [0.05, 0.1) is 17.4 Å². The molecule has 150 valence electrons. The molecule has 0 aliphatic carbocycles. The number of carbonyl (C=O) groups excluding carboxylic acids is 2. The van der Waals surface area contributed by atoms with Crippen LogP contribution in [0.15, 0.2) is 84.9 Å². The Kier molecular flexibility index (Phi) is 4.38. The standard InChI is InChI=1S/C24H19ClN2O3/c1-24-20(16-8-4-2-5-9-16)27(19-10-6-3-7-11-19)30-21(24)22(28)26(23(24)29)18-14-12-17(25)13-15-18/h2-15,20-21H,1H3/t20-,21+,24+/m1/s1. The van der Waals surface area contributed by atoms with Crippen LogP contribution < -0.4 is 9.96 Å². The van der Waals surface area contributed by atoms with Crippen LogP contribution in [0.4, 0.5) is 11.4 Å². The molecule has 5 rings (SSSR count). The van der Waals surface area contributed by atoms with Crippen LogP contribution in [0.1, 0.15) is 18.5 Å². The minimum atomic E-state index is -1.09. The summed E-state index contributed by atoms with van der Waals surface area (Å²) in [5.41, 5.74) is 1.10. The van der Waals surface area contributed by atoms with E-state index in [0.717, 1.165) is 11.3 Å². The van der Waals surface area contributed by atoms with Gasteiger partial charge in [0.15, 0.2) is 6.10 Å². The van der Waals surface area contributed by atoms with E-state index in [2.05, 4.69) is 0 Å². The highest BCUT2D eigenvalue weighted by Gasteiger charge is 2.68. The third-order valence-corrected chi connectivity index (χ3v) is 6.14. The summed E-state index contributed by atoms with van der Waals surface area (Å²) in [5, 5.41) is 2.24. The van der Waals surface area contributed by atoms with Crippen LogP contribution in [-0.2, 0) is 14.4 Å². The Bertz CT molecular complexity index is 1100. The number of hydrogen-bond donors (Lipinski definition) is 0. The van der Waals surface area contributed by atoms with Crippen molar-refractivity contribution in [2.45, 2.75) is 19.1 Å². The third-order valence-electron chi connectivity index (χ3n) is 5.89. The zero-order valence-corrected chi connectivity index (χ0v) is 17.0. The Morgan fingerprint density at radius 2 is 1.43 bits per heavy atom. The summed E-state index contributed by atoms with van der Waals surface area (Å²) >= 11 is 5.98. The predicted molar refractivity (Wildman–Crippen MR) is 115 cm³/mol. The van der Waals surface area contributed by atoms with Crippen molar-refractivity contribution in [3.05, 3.63) is 95.5 Å². The van der Waals surface area contributed by atoms with Gasteiger partial charge in [-0.25, -0.2) is 9.96 Å². The Labute approximate surface area is 179 Å². The van der Waals surface area contributed by atoms with E-state index in [1.807, 2.05) is 67.6 Å². The van der Waals surface area contributed by atoms with Gasteiger partial charge in [-0.05, 0) is 48.9 Å². The van der Waals surface area contributed by atoms with Gasteiger partial charge in [0.2, 0.25) is 5.91 Å². The van der Waals surface area contributed by atoms with Crippen LogP contribution >= 0.6 is 11.6 Å². The molecule has 0 N–H and O–H groups in total. The van der Waals surface area contributed by atoms with Gasteiger partial charge >= 0.3 is 0 Å². The predicted octanol–water partition coefficient (Wildman–Crippen LogP) is 4.78. The third kappa shape index (κ3) is 2.66. The lowest BCUT2D eigenvalue weighted by Crippen LogP contribution is -2.41. The number of nitrogens with zero attached hydrogens (tertiary/aromatic N) is 2. The van der Waals surface area contributed by atoms with Crippen LogP contribution in [0.5, 0.6) is 0 Å². The maximum atomic E-state index is 13.7.